The fourth-order valence-electron chi connectivity index (χ4n) is 3.36. The average molecular weight is 382 g/mol. The van der Waals surface area contributed by atoms with Crippen LogP contribution >= 0.6 is 11.6 Å². The number of benzene rings is 1. The summed E-state index contributed by atoms with van der Waals surface area (Å²) >= 11 is 6.06. The Labute approximate surface area is 160 Å². The first-order valence-corrected chi connectivity index (χ1v) is 9.35. The van der Waals surface area contributed by atoms with Crippen molar-refractivity contribution < 1.29 is 14.3 Å². The van der Waals surface area contributed by atoms with Gasteiger partial charge in [-0.05, 0) is 38.3 Å². The summed E-state index contributed by atoms with van der Waals surface area (Å²) in [7, 11) is 1.50. The van der Waals surface area contributed by atoms with E-state index in [0.29, 0.717) is 34.4 Å². The fraction of sp³-hybridized carbons (Fsp3) is 0.579. The number of carbonyl (C=O) groups excluding carboxylic acids is 2. The number of nitrogens with two attached hydrogens (primary N) is 1. The molecule has 1 fully saturated rings. The second-order valence-electron chi connectivity index (χ2n) is 7.03. The van der Waals surface area contributed by atoms with Gasteiger partial charge in [-0.1, -0.05) is 18.5 Å². The molecule has 1 aromatic carbocycles. The van der Waals surface area contributed by atoms with Crippen molar-refractivity contribution in [2.24, 2.45) is 5.92 Å². The topological polar surface area (TPSA) is 84.7 Å². The Hall–Kier alpha value is -1.79. The second-order valence-corrected chi connectivity index (χ2v) is 7.43. The molecule has 1 heterocycles. The van der Waals surface area contributed by atoms with Gasteiger partial charge in [0.15, 0.2) is 0 Å². The molecule has 0 saturated carbocycles. The number of nitrogen functional groups attached to an aromatic ring is 1. The monoisotopic (exact) mass is 381 g/mol. The molecule has 0 aromatic heterocycles. The lowest BCUT2D eigenvalue weighted by atomic mass is 9.93. The van der Waals surface area contributed by atoms with Gasteiger partial charge in [0.25, 0.3) is 5.91 Å². The number of ether oxygens (including phenoxy) is 1. The van der Waals surface area contributed by atoms with Gasteiger partial charge in [-0.2, -0.15) is 0 Å². The van der Waals surface area contributed by atoms with Gasteiger partial charge in [0, 0.05) is 31.6 Å². The van der Waals surface area contributed by atoms with E-state index < -0.39 is 0 Å². The van der Waals surface area contributed by atoms with Gasteiger partial charge in [-0.15, -0.1) is 0 Å². The minimum absolute atomic E-state index is 0.0904. The minimum Gasteiger partial charge on any atom is -0.496 e. The molecule has 7 heteroatoms. The number of likely N-dealkylation sites (tertiary alicyclic amines) is 1. The van der Waals surface area contributed by atoms with E-state index in [1.165, 1.54) is 7.11 Å². The molecule has 144 valence electrons. The van der Waals surface area contributed by atoms with Gasteiger partial charge in [-0.25, -0.2) is 0 Å². The Morgan fingerprint density at radius 3 is 2.77 bits per heavy atom. The van der Waals surface area contributed by atoms with Crippen LogP contribution in [0.25, 0.3) is 0 Å². The third kappa shape index (κ3) is 5.35. The Morgan fingerprint density at radius 2 is 2.15 bits per heavy atom. The number of Topliss-reactive ketones (excluding diaryl/α,β-unsaturated/α-hetero) is 1. The highest BCUT2D eigenvalue weighted by Gasteiger charge is 2.28. The number of nitrogens with one attached hydrogen (secondary N) is 1. The molecular formula is C19H28ClN3O3. The number of carbonyl (C=O) groups is 2. The third-order valence-electron chi connectivity index (χ3n) is 4.87. The summed E-state index contributed by atoms with van der Waals surface area (Å²) in [6.07, 6.45) is 2.39. The molecule has 26 heavy (non-hydrogen) atoms. The van der Waals surface area contributed by atoms with E-state index >= 15 is 0 Å². The molecule has 0 spiro atoms. The van der Waals surface area contributed by atoms with Crippen molar-refractivity contribution in [3.8, 4) is 5.75 Å². The van der Waals surface area contributed by atoms with Crippen LogP contribution in [0.4, 0.5) is 5.69 Å². The predicted octanol–water partition coefficient (Wildman–Crippen LogP) is 2.74. The van der Waals surface area contributed by atoms with Crippen LogP contribution in [0.2, 0.25) is 5.02 Å². The number of halogens is 1. The number of nitrogens with zero attached hydrogens (tertiary/aromatic N) is 1. The van der Waals surface area contributed by atoms with Crippen molar-refractivity contribution in [1.82, 2.24) is 10.2 Å². The maximum Gasteiger partial charge on any atom is 0.255 e. The van der Waals surface area contributed by atoms with Crippen LogP contribution in [0.1, 0.15) is 43.5 Å². The smallest absolute Gasteiger partial charge is 0.255 e. The summed E-state index contributed by atoms with van der Waals surface area (Å²) in [5.74, 6) is 0.765. The first kappa shape index (κ1) is 20.5. The molecule has 0 radical (unpaired) electrons. The van der Waals surface area contributed by atoms with Gasteiger partial charge >= 0.3 is 0 Å². The van der Waals surface area contributed by atoms with Crippen LogP contribution in [0.3, 0.4) is 0 Å². The molecule has 0 bridgehead atoms. The first-order chi connectivity index (χ1) is 12.3. The van der Waals surface area contributed by atoms with Crippen LogP contribution in [-0.2, 0) is 4.79 Å². The standard InChI is InChI=1S/C19H28ClN3O3/c1-12-11-23(7-4-5-13(2)24)8-6-17(12)22-19(25)14-9-15(20)16(21)10-18(14)26-3/h9-10,12,17H,4-8,11,21H2,1-3H3,(H,22,25). The van der Waals surface area contributed by atoms with Crippen molar-refractivity contribution in [1.29, 1.82) is 0 Å². The van der Waals surface area contributed by atoms with Crippen molar-refractivity contribution in [2.45, 2.75) is 39.2 Å². The van der Waals surface area contributed by atoms with Crippen molar-refractivity contribution >= 4 is 29.0 Å². The highest BCUT2D eigenvalue weighted by Crippen LogP contribution is 2.29. The molecule has 6 nitrogen and oxygen atoms in total. The summed E-state index contributed by atoms with van der Waals surface area (Å²) in [5.41, 5.74) is 6.55. The van der Waals surface area contributed by atoms with Crippen molar-refractivity contribution in [3.63, 3.8) is 0 Å². The van der Waals surface area contributed by atoms with E-state index in [1.54, 1.807) is 19.1 Å². The predicted molar refractivity (Wildman–Crippen MR) is 104 cm³/mol. The number of hydrogen-bond acceptors (Lipinski definition) is 5. The third-order valence-corrected chi connectivity index (χ3v) is 5.20. The molecule has 1 aromatic rings. The van der Waals surface area contributed by atoms with Crippen LogP contribution < -0.4 is 15.8 Å². The van der Waals surface area contributed by atoms with Gasteiger partial charge in [0.05, 0.1) is 23.4 Å². The lowest BCUT2D eigenvalue weighted by Gasteiger charge is -2.37. The lowest BCUT2D eigenvalue weighted by Crippen LogP contribution is -2.50. The van der Waals surface area contributed by atoms with E-state index in [9.17, 15) is 9.59 Å². The average Bonchev–Trinajstić information content (AvgIpc) is 2.58. The van der Waals surface area contributed by atoms with Crippen LogP contribution in [0, 0.1) is 5.92 Å². The van der Waals surface area contributed by atoms with Crippen LogP contribution in [0.15, 0.2) is 12.1 Å². The van der Waals surface area contributed by atoms with E-state index in [0.717, 1.165) is 32.5 Å². The first-order valence-electron chi connectivity index (χ1n) is 8.97. The Bertz CT molecular complexity index is 666. The van der Waals surface area contributed by atoms with Crippen molar-refractivity contribution in [2.75, 3.05) is 32.5 Å². The van der Waals surface area contributed by atoms with Gasteiger partial charge in [0.1, 0.15) is 11.5 Å². The fourth-order valence-corrected chi connectivity index (χ4v) is 3.53. The van der Waals surface area contributed by atoms with Crippen molar-refractivity contribution in [3.05, 3.63) is 22.7 Å². The van der Waals surface area contributed by atoms with Gasteiger partial charge in [-0.3, -0.25) is 4.79 Å². The summed E-state index contributed by atoms with van der Waals surface area (Å²) in [6.45, 7) is 6.50. The molecule has 1 aliphatic heterocycles. The zero-order valence-corrected chi connectivity index (χ0v) is 16.4. The molecule has 1 amide bonds. The number of piperidine rings is 1. The number of rotatable bonds is 7. The Morgan fingerprint density at radius 1 is 1.42 bits per heavy atom. The number of methoxy groups -OCH3 is 1. The maximum atomic E-state index is 12.7. The molecule has 2 atom stereocenters. The summed E-state index contributed by atoms with van der Waals surface area (Å²) < 4.78 is 5.26. The highest BCUT2D eigenvalue weighted by atomic mass is 35.5. The number of amides is 1. The minimum atomic E-state index is -0.203. The Kier molecular flexibility index (Phi) is 7.29. The summed E-state index contributed by atoms with van der Waals surface area (Å²) in [6, 6.07) is 3.21. The highest BCUT2D eigenvalue weighted by molar-refractivity contribution is 6.33. The zero-order valence-electron chi connectivity index (χ0n) is 15.7. The van der Waals surface area contributed by atoms with E-state index in [2.05, 4.69) is 17.1 Å². The van der Waals surface area contributed by atoms with Gasteiger partial charge < -0.3 is 25.5 Å². The zero-order chi connectivity index (χ0) is 19.3. The molecule has 2 unspecified atom stereocenters. The summed E-state index contributed by atoms with van der Waals surface area (Å²) in [4.78, 5) is 26.1. The van der Waals surface area contributed by atoms with Crippen LogP contribution in [-0.4, -0.2) is 49.4 Å². The normalized spacial score (nSPS) is 20.6. The van der Waals surface area contributed by atoms with Gasteiger partial charge in [0.2, 0.25) is 0 Å². The van der Waals surface area contributed by atoms with E-state index in [-0.39, 0.29) is 17.7 Å². The number of anilines is 1. The Balaban J connectivity index is 1.94. The largest absolute Gasteiger partial charge is 0.496 e. The SMILES string of the molecule is COc1cc(N)c(Cl)cc1C(=O)NC1CCN(CCCC(C)=O)CC1C. The molecule has 1 aliphatic rings. The van der Waals surface area contributed by atoms with E-state index in [4.69, 9.17) is 22.1 Å². The molecule has 0 aliphatic carbocycles. The number of hydrogen-bond donors (Lipinski definition) is 2. The quantitative estimate of drug-likeness (QED) is 0.709. The van der Waals surface area contributed by atoms with Crippen LogP contribution in [0.5, 0.6) is 5.75 Å². The molecular weight excluding hydrogens is 354 g/mol. The molecule has 1 saturated heterocycles. The maximum absolute atomic E-state index is 12.7. The molecule has 3 N–H and O–H groups in total. The molecule has 2 rings (SSSR count). The summed E-state index contributed by atoms with van der Waals surface area (Å²) in [5, 5.41) is 3.44. The van der Waals surface area contributed by atoms with E-state index in [1.807, 2.05) is 0 Å². The second kappa shape index (κ2) is 9.24. The lowest BCUT2D eigenvalue weighted by molar-refractivity contribution is -0.117. The number of ketones is 1.